The fourth-order valence-electron chi connectivity index (χ4n) is 11.2. The molecule has 0 rings (SSSR count). The molecule has 2 unspecified atom stereocenters. The smallest absolute Gasteiger partial charge is 0.361 e. The standard InChI is InChI=1S/C90H151NO8/c1-6-8-10-12-14-16-18-20-22-24-26-28-30-32-34-36-38-40-41-42-43-44-45-46-47-49-51-53-55-57-59-61-63-65-67-69-71-73-75-77-79-81-88(93)99-86(85-98-90(89(94)95)96-83-82-91(3,4)5)84-97-87(92)80-78-76-74-72-70-68-66-64-62-60-58-56-54-52-50-48-39-37-35-33-31-29-27-25-23-21-19-17-15-13-11-9-7-2/h8-11,14-17,20-23,26-29,32-35,38,40,42-43,45-46,86,90H,6-7,12-13,18-19,24-25,30-31,36-37,39,41,44,47-85H2,1-5H3/p+1/b10-8-,11-9-,16-14-,17-15-,22-20-,23-21-,28-26-,29-27-,34-32-,35-33-,40-38-,43-42-,46-45-. The Labute approximate surface area is 610 Å². The molecule has 564 valence electrons. The number of quaternary nitrogens is 1. The molecular weight excluding hydrogens is 1220 g/mol. The first-order valence-corrected chi connectivity index (χ1v) is 40.6. The van der Waals surface area contributed by atoms with Gasteiger partial charge in [0.15, 0.2) is 6.10 Å². The predicted octanol–water partition coefficient (Wildman–Crippen LogP) is 26.4. The highest BCUT2D eigenvalue weighted by atomic mass is 16.7. The summed E-state index contributed by atoms with van der Waals surface area (Å²) in [5.74, 6) is -2.00. The number of carboxylic acids is 1. The number of allylic oxidation sites excluding steroid dienone is 26. The van der Waals surface area contributed by atoms with Crippen molar-refractivity contribution in [2.75, 3.05) is 47.5 Å². The highest BCUT2D eigenvalue weighted by Crippen LogP contribution is 2.18. The highest BCUT2D eigenvalue weighted by molar-refractivity contribution is 5.71. The fourth-order valence-corrected chi connectivity index (χ4v) is 11.2. The maximum atomic E-state index is 13.0. The van der Waals surface area contributed by atoms with Crippen LogP contribution in [-0.2, 0) is 33.3 Å². The minimum Gasteiger partial charge on any atom is -0.477 e. The number of hydrogen-bond donors (Lipinski definition) is 1. The fraction of sp³-hybridized carbons (Fsp3) is 0.678. The first-order chi connectivity index (χ1) is 48.6. The van der Waals surface area contributed by atoms with E-state index in [2.05, 4.69) is 172 Å². The van der Waals surface area contributed by atoms with Crippen LogP contribution in [0, 0.1) is 0 Å². The minimum atomic E-state index is -1.52. The van der Waals surface area contributed by atoms with Gasteiger partial charge in [-0.1, -0.05) is 358 Å². The number of nitrogens with zero attached hydrogens (tertiary/aromatic N) is 1. The molecule has 0 aliphatic carbocycles. The van der Waals surface area contributed by atoms with E-state index in [4.69, 9.17) is 18.9 Å². The molecule has 1 N–H and O–H groups in total. The van der Waals surface area contributed by atoms with Gasteiger partial charge in [-0.3, -0.25) is 9.59 Å². The molecule has 9 nitrogen and oxygen atoms in total. The van der Waals surface area contributed by atoms with Gasteiger partial charge in [0, 0.05) is 12.8 Å². The second-order valence-electron chi connectivity index (χ2n) is 28.0. The number of carboxylic acid groups (broad SMARTS) is 1. The van der Waals surface area contributed by atoms with Gasteiger partial charge in [0.05, 0.1) is 34.4 Å². The summed E-state index contributed by atoms with van der Waals surface area (Å²) in [6.07, 6.45) is 114. The van der Waals surface area contributed by atoms with Gasteiger partial charge in [-0.25, -0.2) is 4.79 Å². The lowest BCUT2D eigenvalue weighted by molar-refractivity contribution is -0.870. The van der Waals surface area contributed by atoms with E-state index in [1.807, 2.05) is 21.1 Å². The average molecular weight is 1380 g/mol. The summed E-state index contributed by atoms with van der Waals surface area (Å²) in [4.78, 5) is 37.8. The van der Waals surface area contributed by atoms with Gasteiger partial charge in [-0.2, -0.15) is 0 Å². The van der Waals surface area contributed by atoms with Crippen molar-refractivity contribution in [2.45, 2.75) is 347 Å². The third-order valence-corrected chi connectivity index (χ3v) is 17.3. The zero-order valence-electron chi connectivity index (χ0n) is 64.6. The van der Waals surface area contributed by atoms with Gasteiger partial charge in [0.1, 0.15) is 13.2 Å². The summed E-state index contributed by atoms with van der Waals surface area (Å²) in [6, 6.07) is 0. The van der Waals surface area contributed by atoms with Crippen molar-refractivity contribution >= 4 is 17.9 Å². The molecule has 0 bridgehead atoms. The Morgan fingerprint density at radius 2 is 0.545 bits per heavy atom. The molecule has 0 saturated carbocycles. The van der Waals surface area contributed by atoms with Crippen molar-refractivity contribution < 1.29 is 42.9 Å². The van der Waals surface area contributed by atoms with E-state index in [0.29, 0.717) is 17.4 Å². The van der Waals surface area contributed by atoms with Crippen LogP contribution in [0.4, 0.5) is 0 Å². The normalized spacial score (nSPS) is 13.5. The Bertz CT molecular complexity index is 2200. The number of likely N-dealkylation sites (N-methyl/N-ethyl adjacent to an activating group) is 1. The summed E-state index contributed by atoms with van der Waals surface area (Å²) in [7, 11) is 5.98. The molecule has 0 heterocycles. The largest absolute Gasteiger partial charge is 0.477 e. The molecule has 0 amide bonds. The molecule has 99 heavy (non-hydrogen) atoms. The molecule has 0 aromatic heterocycles. The zero-order chi connectivity index (χ0) is 71.8. The monoisotopic (exact) mass is 1380 g/mol. The Hall–Kier alpha value is -5.09. The van der Waals surface area contributed by atoms with Crippen molar-refractivity contribution in [1.82, 2.24) is 0 Å². The number of esters is 2. The van der Waals surface area contributed by atoms with E-state index < -0.39 is 24.3 Å². The molecule has 2 atom stereocenters. The van der Waals surface area contributed by atoms with Crippen LogP contribution in [0.1, 0.15) is 335 Å². The van der Waals surface area contributed by atoms with Crippen molar-refractivity contribution in [3.63, 3.8) is 0 Å². The lowest BCUT2D eigenvalue weighted by Crippen LogP contribution is -2.40. The number of carbonyl (C=O) groups excluding carboxylic acids is 2. The van der Waals surface area contributed by atoms with Crippen LogP contribution in [-0.4, -0.2) is 87.4 Å². The maximum absolute atomic E-state index is 13.0. The van der Waals surface area contributed by atoms with E-state index >= 15 is 0 Å². The molecular formula is C90H152NO8+. The van der Waals surface area contributed by atoms with E-state index in [1.165, 1.54) is 186 Å². The number of aliphatic carboxylic acids is 1. The Morgan fingerprint density at radius 3 is 0.808 bits per heavy atom. The number of rotatable bonds is 74. The second-order valence-corrected chi connectivity index (χ2v) is 28.0. The van der Waals surface area contributed by atoms with Gasteiger partial charge in [-0.15, -0.1) is 0 Å². The van der Waals surface area contributed by atoms with Crippen LogP contribution in [0.2, 0.25) is 0 Å². The molecule has 0 aliphatic heterocycles. The van der Waals surface area contributed by atoms with Crippen LogP contribution < -0.4 is 0 Å². The predicted molar refractivity (Wildman–Crippen MR) is 428 cm³/mol. The summed E-state index contributed by atoms with van der Waals surface area (Å²) in [5.41, 5.74) is 0. The number of ether oxygens (including phenoxy) is 4. The maximum Gasteiger partial charge on any atom is 0.361 e. The number of carbonyl (C=O) groups is 3. The first kappa shape index (κ1) is 93.9. The van der Waals surface area contributed by atoms with Crippen LogP contribution in [0.25, 0.3) is 0 Å². The molecule has 0 aliphatic rings. The van der Waals surface area contributed by atoms with E-state index in [1.54, 1.807) is 0 Å². The molecule has 0 radical (unpaired) electrons. The third kappa shape index (κ3) is 80.1. The zero-order valence-corrected chi connectivity index (χ0v) is 64.6. The van der Waals surface area contributed by atoms with Crippen molar-refractivity contribution in [3.8, 4) is 0 Å². The highest BCUT2D eigenvalue weighted by Gasteiger charge is 2.25. The summed E-state index contributed by atoms with van der Waals surface area (Å²) >= 11 is 0. The molecule has 0 fully saturated rings. The summed E-state index contributed by atoms with van der Waals surface area (Å²) < 4.78 is 23.1. The SMILES string of the molecule is CC/C=C\C/C=C\C/C=C\C/C=C\C/C=C\C/C=C\C/C=C\C/C=C\CCCCCCCCCCCCCCCCCCC(=O)OC(COC(=O)CCCCCCCCCCCCCCCCCCC/C=C\C/C=C\C/C=C\C/C=C\C/C=C\CC)COC(OCC[N+](C)(C)C)C(=O)O. The van der Waals surface area contributed by atoms with Gasteiger partial charge >= 0.3 is 17.9 Å². The lowest BCUT2D eigenvalue weighted by atomic mass is 10.0. The number of unbranched alkanes of at least 4 members (excludes halogenated alkanes) is 33. The van der Waals surface area contributed by atoms with E-state index in [9.17, 15) is 19.5 Å². The van der Waals surface area contributed by atoms with Gasteiger partial charge < -0.3 is 28.5 Å². The van der Waals surface area contributed by atoms with E-state index in [0.717, 1.165) is 122 Å². The van der Waals surface area contributed by atoms with Gasteiger partial charge in [-0.05, 0) is 122 Å². The molecule has 0 aromatic carbocycles. The van der Waals surface area contributed by atoms with Crippen molar-refractivity contribution in [1.29, 1.82) is 0 Å². The van der Waals surface area contributed by atoms with Crippen molar-refractivity contribution in [3.05, 3.63) is 158 Å². The van der Waals surface area contributed by atoms with E-state index in [-0.39, 0.29) is 32.2 Å². The van der Waals surface area contributed by atoms with Crippen LogP contribution >= 0.6 is 0 Å². The summed E-state index contributed by atoms with van der Waals surface area (Å²) in [5, 5.41) is 9.78. The molecule has 0 spiro atoms. The van der Waals surface area contributed by atoms with Crippen LogP contribution in [0.3, 0.4) is 0 Å². The Balaban J connectivity index is 4.04. The Morgan fingerprint density at radius 1 is 0.303 bits per heavy atom. The van der Waals surface area contributed by atoms with Crippen LogP contribution in [0.5, 0.6) is 0 Å². The Kier molecular flexibility index (Phi) is 74.6. The first-order valence-electron chi connectivity index (χ1n) is 40.6. The summed E-state index contributed by atoms with van der Waals surface area (Å²) in [6.45, 7) is 4.67. The van der Waals surface area contributed by atoms with Crippen molar-refractivity contribution in [2.24, 2.45) is 0 Å². The molecule has 0 aromatic rings. The quantitative estimate of drug-likeness (QED) is 0.0211. The van der Waals surface area contributed by atoms with Gasteiger partial charge in [0.2, 0.25) is 0 Å². The minimum absolute atomic E-state index is 0.184. The third-order valence-electron chi connectivity index (χ3n) is 17.3. The topological polar surface area (TPSA) is 108 Å². The van der Waals surface area contributed by atoms with Gasteiger partial charge in [0.25, 0.3) is 6.29 Å². The second kappa shape index (κ2) is 78.6. The molecule has 0 saturated heterocycles. The lowest BCUT2D eigenvalue weighted by Gasteiger charge is -2.25. The van der Waals surface area contributed by atoms with Crippen LogP contribution in [0.15, 0.2) is 158 Å². The molecule has 9 heteroatoms. The average Bonchev–Trinajstić information content (AvgIpc) is 2.62. The number of hydrogen-bond acceptors (Lipinski definition) is 7.